The van der Waals surface area contributed by atoms with Crippen LogP contribution in [-0.2, 0) is 9.59 Å². The molecule has 2 amide bonds. The number of benzene rings is 1. The van der Waals surface area contributed by atoms with Gasteiger partial charge in [0.25, 0.3) is 0 Å². The molecule has 6 heteroatoms. The van der Waals surface area contributed by atoms with Crippen LogP contribution in [0.5, 0.6) is 5.75 Å². The summed E-state index contributed by atoms with van der Waals surface area (Å²) >= 11 is 0. The van der Waals surface area contributed by atoms with Crippen LogP contribution < -0.4 is 15.4 Å². The lowest BCUT2D eigenvalue weighted by Gasteiger charge is -2.07. The van der Waals surface area contributed by atoms with Crippen LogP contribution in [0.4, 0.5) is 11.4 Å². The third kappa shape index (κ3) is 3.55. The van der Waals surface area contributed by atoms with Crippen LogP contribution in [0.2, 0.25) is 0 Å². The van der Waals surface area contributed by atoms with Crippen LogP contribution >= 0.6 is 0 Å². The molecule has 0 aliphatic heterocycles. The van der Waals surface area contributed by atoms with Crippen molar-refractivity contribution >= 4 is 23.2 Å². The topological polar surface area (TPSA) is 80.3 Å². The van der Waals surface area contributed by atoms with Crippen molar-refractivity contribution in [2.75, 3.05) is 17.7 Å². The van der Waals surface area contributed by atoms with Gasteiger partial charge in [0.05, 0.1) is 19.0 Å². The Labute approximate surface area is 115 Å². The molecule has 102 valence electrons. The van der Waals surface area contributed by atoms with E-state index in [2.05, 4.69) is 15.6 Å². The number of carbonyl (C=O) groups is 2. The first-order chi connectivity index (χ1) is 9.69. The molecule has 0 fully saturated rings. The summed E-state index contributed by atoms with van der Waals surface area (Å²) in [5.41, 5.74) is 0.939. The second-order valence-corrected chi connectivity index (χ2v) is 3.88. The van der Waals surface area contributed by atoms with E-state index in [0.717, 1.165) is 0 Å². The minimum absolute atomic E-state index is 0.457. The quantitative estimate of drug-likeness (QED) is 0.832. The highest BCUT2D eigenvalue weighted by atomic mass is 16.5. The molecule has 0 radical (unpaired) electrons. The standard InChI is InChI=1S/C14H13N3O3/c1-20-12-6-2-4-10(8-12)16-13(18)14(19)17-11-5-3-7-15-9-11/h2-9H,1H3,(H,16,18)(H,17,19). The monoisotopic (exact) mass is 271 g/mol. The molecule has 2 rings (SSSR count). The van der Waals surface area contributed by atoms with Gasteiger partial charge >= 0.3 is 11.8 Å². The van der Waals surface area contributed by atoms with E-state index >= 15 is 0 Å². The van der Waals surface area contributed by atoms with Gasteiger partial charge in [0.15, 0.2) is 0 Å². The van der Waals surface area contributed by atoms with Crippen molar-refractivity contribution in [3.8, 4) is 5.75 Å². The van der Waals surface area contributed by atoms with Crippen molar-refractivity contribution in [2.24, 2.45) is 0 Å². The molecule has 1 aromatic heterocycles. The first kappa shape index (κ1) is 13.5. The molecule has 0 saturated carbocycles. The Bertz CT molecular complexity index is 614. The molecule has 0 aliphatic carbocycles. The predicted octanol–water partition coefficient (Wildman–Crippen LogP) is 1.67. The summed E-state index contributed by atoms with van der Waals surface area (Å²) in [6, 6.07) is 10.0. The van der Waals surface area contributed by atoms with Gasteiger partial charge in [-0.1, -0.05) is 6.07 Å². The molecule has 6 nitrogen and oxygen atoms in total. The fraction of sp³-hybridized carbons (Fsp3) is 0.0714. The zero-order valence-electron chi connectivity index (χ0n) is 10.8. The number of carbonyl (C=O) groups excluding carboxylic acids is 2. The molecule has 0 atom stereocenters. The van der Waals surface area contributed by atoms with Gasteiger partial charge in [-0.05, 0) is 24.3 Å². The van der Waals surface area contributed by atoms with Crippen LogP contribution in [0.3, 0.4) is 0 Å². The van der Waals surface area contributed by atoms with Crippen molar-refractivity contribution in [2.45, 2.75) is 0 Å². The number of pyridine rings is 1. The number of nitrogens with one attached hydrogen (secondary N) is 2. The van der Waals surface area contributed by atoms with Crippen LogP contribution in [-0.4, -0.2) is 23.9 Å². The van der Waals surface area contributed by atoms with E-state index in [9.17, 15) is 9.59 Å². The van der Waals surface area contributed by atoms with Crippen LogP contribution in [0.25, 0.3) is 0 Å². The van der Waals surface area contributed by atoms with Crippen molar-refractivity contribution in [3.63, 3.8) is 0 Å². The summed E-state index contributed by atoms with van der Waals surface area (Å²) in [6.45, 7) is 0. The van der Waals surface area contributed by atoms with Gasteiger partial charge in [-0.3, -0.25) is 14.6 Å². The van der Waals surface area contributed by atoms with E-state index in [1.54, 1.807) is 42.6 Å². The molecular formula is C14H13N3O3. The van der Waals surface area contributed by atoms with E-state index in [1.807, 2.05) is 0 Å². The number of aromatic nitrogens is 1. The highest BCUT2D eigenvalue weighted by Crippen LogP contribution is 2.16. The molecule has 1 aromatic carbocycles. The average molecular weight is 271 g/mol. The molecule has 1 heterocycles. The molecule has 20 heavy (non-hydrogen) atoms. The van der Waals surface area contributed by atoms with E-state index in [1.165, 1.54) is 13.3 Å². The smallest absolute Gasteiger partial charge is 0.314 e. The van der Waals surface area contributed by atoms with Gasteiger partial charge in [0.2, 0.25) is 0 Å². The number of amides is 2. The summed E-state index contributed by atoms with van der Waals surface area (Å²) in [5, 5.41) is 4.93. The second kappa shape index (κ2) is 6.33. The summed E-state index contributed by atoms with van der Waals surface area (Å²) < 4.78 is 5.03. The van der Waals surface area contributed by atoms with Gasteiger partial charge in [0, 0.05) is 18.0 Å². The predicted molar refractivity (Wildman–Crippen MR) is 74.5 cm³/mol. The summed E-state index contributed by atoms with van der Waals surface area (Å²) in [5.74, 6) is -0.932. The maximum atomic E-state index is 11.7. The molecular weight excluding hydrogens is 258 g/mol. The zero-order valence-corrected chi connectivity index (χ0v) is 10.8. The molecule has 0 unspecified atom stereocenters. The van der Waals surface area contributed by atoms with Crippen LogP contribution in [0.15, 0.2) is 48.8 Å². The zero-order chi connectivity index (χ0) is 14.4. The Morgan fingerprint density at radius 3 is 2.40 bits per heavy atom. The minimum atomic E-state index is -0.763. The summed E-state index contributed by atoms with van der Waals surface area (Å²) in [7, 11) is 1.52. The molecule has 2 N–H and O–H groups in total. The third-order valence-electron chi connectivity index (χ3n) is 2.45. The first-order valence-corrected chi connectivity index (χ1v) is 5.85. The lowest BCUT2D eigenvalue weighted by atomic mass is 10.3. The highest BCUT2D eigenvalue weighted by Gasteiger charge is 2.14. The fourth-order valence-corrected chi connectivity index (χ4v) is 1.51. The van der Waals surface area contributed by atoms with Crippen LogP contribution in [0, 0.1) is 0 Å². The van der Waals surface area contributed by atoms with Crippen molar-refractivity contribution < 1.29 is 14.3 Å². The highest BCUT2D eigenvalue weighted by molar-refractivity contribution is 6.43. The second-order valence-electron chi connectivity index (χ2n) is 3.88. The Balaban J connectivity index is 1.99. The third-order valence-corrected chi connectivity index (χ3v) is 2.45. The SMILES string of the molecule is COc1cccc(NC(=O)C(=O)Nc2cccnc2)c1. The number of hydrogen-bond acceptors (Lipinski definition) is 4. The van der Waals surface area contributed by atoms with Crippen molar-refractivity contribution in [3.05, 3.63) is 48.8 Å². The van der Waals surface area contributed by atoms with E-state index in [0.29, 0.717) is 17.1 Å². The Morgan fingerprint density at radius 1 is 1.05 bits per heavy atom. The van der Waals surface area contributed by atoms with Crippen molar-refractivity contribution in [1.29, 1.82) is 0 Å². The number of rotatable bonds is 3. The van der Waals surface area contributed by atoms with Crippen molar-refractivity contribution in [1.82, 2.24) is 4.98 Å². The Kier molecular flexibility index (Phi) is 4.28. The number of methoxy groups -OCH3 is 1. The van der Waals surface area contributed by atoms with Gasteiger partial charge in [-0.15, -0.1) is 0 Å². The Morgan fingerprint density at radius 2 is 1.75 bits per heavy atom. The molecule has 0 spiro atoms. The van der Waals surface area contributed by atoms with Crippen LogP contribution in [0.1, 0.15) is 0 Å². The molecule has 0 bridgehead atoms. The maximum absolute atomic E-state index is 11.7. The lowest BCUT2D eigenvalue weighted by Crippen LogP contribution is -2.29. The first-order valence-electron chi connectivity index (χ1n) is 5.85. The van der Waals surface area contributed by atoms with Gasteiger partial charge < -0.3 is 15.4 Å². The minimum Gasteiger partial charge on any atom is -0.497 e. The molecule has 0 saturated heterocycles. The summed E-state index contributed by atoms with van der Waals surface area (Å²) in [6.07, 6.45) is 3.03. The average Bonchev–Trinajstić information content (AvgIpc) is 2.48. The number of hydrogen-bond donors (Lipinski definition) is 2. The fourth-order valence-electron chi connectivity index (χ4n) is 1.51. The van der Waals surface area contributed by atoms with Gasteiger partial charge in [0.1, 0.15) is 5.75 Å². The largest absolute Gasteiger partial charge is 0.497 e. The normalized spacial score (nSPS) is 9.65. The number of ether oxygens (including phenoxy) is 1. The summed E-state index contributed by atoms with van der Waals surface area (Å²) in [4.78, 5) is 27.3. The lowest BCUT2D eigenvalue weighted by molar-refractivity contribution is -0.133. The van der Waals surface area contributed by atoms with Gasteiger partial charge in [-0.2, -0.15) is 0 Å². The molecule has 0 aliphatic rings. The number of anilines is 2. The Hall–Kier alpha value is -2.89. The maximum Gasteiger partial charge on any atom is 0.314 e. The van der Waals surface area contributed by atoms with Gasteiger partial charge in [-0.25, -0.2) is 0 Å². The van der Waals surface area contributed by atoms with E-state index in [-0.39, 0.29) is 0 Å². The van der Waals surface area contributed by atoms with E-state index in [4.69, 9.17) is 4.74 Å². The van der Waals surface area contributed by atoms with E-state index < -0.39 is 11.8 Å². The molecule has 2 aromatic rings. The number of nitrogens with zero attached hydrogens (tertiary/aromatic N) is 1.